The maximum Gasteiger partial charge on any atom is 0.0720 e. The fraction of sp³-hybridized carbons (Fsp3) is 0.353. The molecule has 0 radical (unpaired) electrons. The molecule has 0 spiro atoms. The number of aliphatic imine (C=N–C) groups is 1. The van der Waals surface area contributed by atoms with Gasteiger partial charge in [0.05, 0.1) is 6.04 Å². The highest BCUT2D eigenvalue weighted by Gasteiger charge is 2.07. The first-order valence-electron chi connectivity index (χ1n) is 6.68. The summed E-state index contributed by atoms with van der Waals surface area (Å²) in [4.78, 5) is 4.58. The van der Waals surface area contributed by atoms with E-state index in [0.717, 1.165) is 25.7 Å². The first-order chi connectivity index (χ1) is 8.75. The number of hydrogen-bond acceptors (Lipinski definition) is 1. The molecule has 1 aliphatic carbocycles. The van der Waals surface area contributed by atoms with Gasteiger partial charge in [-0.2, -0.15) is 0 Å². The largest absolute Gasteiger partial charge is 0.285 e. The second-order valence-corrected chi connectivity index (χ2v) is 4.96. The minimum Gasteiger partial charge on any atom is -0.285 e. The Hall–Kier alpha value is -1.63. The van der Waals surface area contributed by atoms with Crippen LogP contribution in [0.2, 0.25) is 0 Å². The number of nitrogens with zero attached hydrogens (tertiary/aromatic N) is 1. The molecule has 1 fully saturated rings. The van der Waals surface area contributed by atoms with Gasteiger partial charge in [0.2, 0.25) is 0 Å². The van der Waals surface area contributed by atoms with Gasteiger partial charge < -0.3 is 0 Å². The van der Waals surface area contributed by atoms with Gasteiger partial charge >= 0.3 is 0 Å². The van der Waals surface area contributed by atoms with E-state index in [2.05, 4.69) is 48.8 Å². The fourth-order valence-corrected chi connectivity index (χ4v) is 2.19. The van der Waals surface area contributed by atoms with Gasteiger partial charge in [0, 0.05) is 6.21 Å². The number of hydrogen-bond donors (Lipinski definition) is 0. The van der Waals surface area contributed by atoms with Gasteiger partial charge in [0.25, 0.3) is 0 Å². The van der Waals surface area contributed by atoms with Crippen LogP contribution in [0.4, 0.5) is 0 Å². The standard InChI is InChI=1S/C17H21N/c1-14-8-10-16(11-9-14)12-13-18-15(2)17-6-4-3-5-7-17/h3-7,12-13,15H,1,8-11H2,2H3. The number of benzene rings is 1. The second kappa shape index (κ2) is 6.34. The lowest BCUT2D eigenvalue weighted by molar-refractivity contribution is 0.732. The first kappa shape index (κ1) is 12.8. The van der Waals surface area contributed by atoms with Crippen molar-refractivity contribution in [1.29, 1.82) is 0 Å². The van der Waals surface area contributed by atoms with Crippen LogP contribution in [0.25, 0.3) is 0 Å². The quantitative estimate of drug-likeness (QED) is 0.527. The molecule has 0 aromatic heterocycles. The monoisotopic (exact) mass is 239 g/mol. The highest BCUT2D eigenvalue weighted by atomic mass is 14.7. The van der Waals surface area contributed by atoms with Gasteiger partial charge in [-0.25, -0.2) is 0 Å². The zero-order valence-electron chi connectivity index (χ0n) is 11.1. The smallest absolute Gasteiger partial charge is 0.0720 e. The third-order valence-corrected chi connectivity index (χ3v) is 3.50. The minimum absolute atomic E-state index is 0.238. The Bertz CT molecular complexity index is 442. The summed E-state index contributed by atoms with van der Waals surface area (Å²) in [6, 6.07) is 10.6. The third kappa shape index (κ3) is 3.69. The average molecular weight is 239 g/mol. The molecule has 94 valence electrons. The highest BCUT2D eigenvalue weighted by Crippen LogP contribution is 2.25. The molecule has 1 aromatic rings. The summed E-state index contributed by atoms with van der Waals surface area (Å²) in [6.45, 7) is 6.17. The lowest BCUT2D eigenvalue weighted by Crippen LogP contribution is -1.97. The van der Waals surface area contributed by atoms with Gasteiger partial charge in [-0.15, -0.1) is 0 Å². The molecular formula is C17H21N. The Morgan fingerprint density at radius 3 is 2.44 bits per heavy atom. The van der Waals surface area contributed by atoms with Crippen molar-refractivity contribution >= 4 is 6.21 Å². The van der Waals surface area contributed by atoms with E-state index in [9.17, 15) is 0 Å². The molecule has 0 heterocycles. The van der Waals surface area contributed by atoms with Gasteiger partial charge in [-0.05, 0) is 44.2 Å². The van der Waals surface area contributed by atoms with Crippen molar-refractivity contribution in [3.63, 3.8) is 0 Å². The van der Waals surface area contributed by atoms with E-state index in [1.807, 2.05) is 12.3 Å². The molecule has 0 N–H and O–H groups in total. The summed E-state index contributed by atoms with van der Waals surface area (Å²) in [6.07, 6.45) is 8.77. The van der Waals surface area contributed by atoms with Crippen LogP contribution in [0.3, 0.4) is 0 Å². The van der Waals surface area contributed by atoms with Crippen molar-refractivity contribution < 1.29 is 0 Å². The molecule has 0 saturated heterocycles. The number of rotatable bonds is 3. The van der Waals surface area contributed by atoms with E-state index in [4.69, 9.17) is 0 Å². The number of allylic oxidation sites excluding steroid dienone is 3. The van der Waals surface area contributed by atoms with Crippen molar-refractivity contribution in [2.75, 3.05) is 0 Å². The summed E-state index contributed by atoms with van der Waals surface area (Å²) in [7, 11) is 0. The normalized spacial score (nSPS) is 18.1. The summed E-state index contributed by atoms with van der Waals surface area (Å²) in [5, 5.41) is 0. The molecule has 1 atom stereocenters. The second-order valence-electron chi connectivity index (χ2n) is 4.96. The van der Waals surface area contributed by atoms with Gasteiger partial charge in [-0.3, -0.25) is 4.99 Å². The van der Waals surface area contributed by atoms with Crippen molar-refractivity contribution in [3.8, 4) is 0 Å². The SMILES string of the molecule is C=C1CCC(=CC=NC(C)c2ccccc2)CC1. The Morgan fingerprint density at radius 1 is 1.11 bits per heavy atom. The fourth-order valence-electron chi connectivity index (χ4n) is 2.19. The van der Waals surface area contributed by atoms with Crippen LogP contribution in [0, 0.1) is 0 Å². The predicted molar refractivity (Wildman–Crippen MR) is 79.0 cm³/mol. The maximum absolute atomic E-state index is 4.58. The summed E-state index contributed by atoms with van der Waals surface area (Å²) in [5.41, 5.74) is 4.16. The van der Waals surface area contributed by atoms with Crippen LogP contribution in [0.15, 0.2) is 59.1 Å². The summed E-state index contributed by atoms with van der Waals surface area (Å²) < 4.78 is 0. The van der Waals surface area contributed by atoms with E-state index in [0.29, 0.717) is 0 Å². The van der Waals surface area contributed by atoms with E-state index >= 15 is 0 Å². The van der Waals surface area contributed by atoms with Crippen LogP contribution in [-0.2, 0) is 0 Å². The molecule has 1 aromatic carbocycles. The van der Waals surface area contributed by atoms with E-state index < -0.39 is 0 Å². The van der Waals surface area contributed by atoms with Crippen molar-refractivity contribution in [1.82, 2.24) is 0 Å². The van der Waals surface area contributed by atoms with Gasteiger partial charge in [0.15, 0.2) is 0 Å². The minimum atomic E-state index is 0.238. The Labute approximate surface area is 110 Å². The highest BCUT2D eigenvalue weighted by molar-refractivity contribution is 5.72. The Morgan fingerprint density at radius 2 is 1.78 bits per heavy atom. The Kier molecular flexibility index (Phi) is 4.52. The molecule has 18 heavy (non-hydrogen) atoms. The summed E-state index contributed by atoms with van der Waals surface area (Å²) >= 11 is 0. The van der Waals surface area contributed by atoms with Crippen molar-refractivity contribution in [2.45, 2.75) is 38.6 Å². The molecule has 1 aliphatic rings. The molecule has 0 amide bonds. The van der Waals surface area contributed by atoms with Gasteiger partial charge in [-0.1, -0.05) is 48.1 Å². The average Bonchev–Trinajstić information content (AvgIpc) is 2.42. The maximum atomic E-state index is 4.58. The Balaban J connectivity index is 1.91. The van der Waals surface area contributed by atoms with Crippen LogP contribution in [-0.4, -0.2) is 6.21 Å². The molecule has 1 saturated carbocycles. The molecule has 2 rings (SSSR count). The molecule has 1 nitrogen and oxygen atoms in total. The van der Waals surface area contributed by atoms with Crippen LogP contribution < -0.4 is 0 Å². The molecule has 0 aliphatic heterocycles. The lowest BCUT2D eigenvalue weighted by atomic mass is 9.91. The predicted octanol–water partition coefficient (Wildman–Crippen LogP) is 4.88. The van der Waals surface area contributed by atoms with E-state index in [1.165, 1.54) is 16.7 Å². The van der Waals surface area contributed by atoms with Crippen molar-refractivity contribution in [3.05, 3.63) is 59.7 Å². The zero-order chi connectivity index (χ0) is 12.8. The molecule has 0 bridgehead atoms. The summed E-state index contributed by atoms with van der Waals surface area (Å²) in [5.74, 6) is 0. The van der Waals surface area contributed by atoms with E-state index in [-0.39, 0.29) is 6.04 Å². The zero-order valence-corrected chi connectivity index (χ0v) is 11.1. The van der Waals surface area contributed by atoms with E-state index in [1.54, 1.807) is 0 Å². The molecule has 1 heteroatoms. The van der Waals surface area contributed by atoms with Crippen LogP contribution >= 0.6 is 0 Å². The topological polar surface area (TPSA) is 12.4 Å². The first-order valence-corrected chi connectivity index (χ1v) is 6.68. The molecular weight excluding hydrogens is 218 g/mol. The van der Waals surface area contributed by atoms with Crippen LogP contribution in [0.5, 0.6) is 0 Å². The lowest BCUT2D eigenvalue weighted by Gasteiger charge is -2.15. The van der Waals surface area contributed by atoms with Crippen molar-refractivity contribution in [2.24, 2.45) is 4.99 Å². The van der Waals surface area contributed by atoms with Gasteiger partial charge in [0.1, 0.15) is 0 Å². The third-order valence-electron chi connectivity index (χ3n) is 3.50. The molecule has 1 unspecified atom stereocenters. The van der Waals surface area contributed by atoms with Crippen LogP contribution in [0.1, 0.15) is 44.2 Å².